The van der Waals surface area contributed by atoms with Crippen LogP contribution in [0.4, 0.5) is 10.2 Å². The molecule has 2 aromatic heterocycles. The van der Waals surface area contributed by atoms with Crippen molar-refractivity contribution >= 4 is 22.8 Å². The lowest BCUT2D eigenvalue weighted by Crippen LogP contribution is -2.59. The van der Waals surface area contributed by atoms with Gasteiger partial charge in [0.05, 0.1) is 24.1 Å². The van der Waals surface area contributed by atoms with Crippen LogP contribution in [0.1, 0.15) is 26.7 Å². The van der Waals surface area contributed by atoms with Gasteiger partial charge >= 0.3 is 0 Å². The second kappa shape index (κ2) is 11.7. The number of hydrogen-bond donors (Lipinski definition) is 2. The van der Waals surface area contributed by atoms with Crippen molar-refractivity contribution in [3.05, 3.63) is 72.3 Å². The lowest BCUT2D eigenvalue weighted by Gasteiger charge is -2.46. The van der Waals surface area contributed by atoms with Crippen LogP contribution >= 0.6 is 0 Å². The van der Waals surface area contributed by atoms with E-state index in [1.165, 1.54) is 12.4 Å². The molecule has 11 nitrogen and oxygen atoms in total. The van der Waals surface area contributed by atoms with Crippen LogP contribution in [-0.4, -0.2) is 77.9 Å². The number of nitriles is 1. The Labute approximate surface area is 254 Å². The Morgan fingerprint density at radius 3 is 2.68 bits per heavy atom. The van der Waals surface area contributed by atoms with Crippen LogP contribution in [0, 0.1) is 17.1 Å². The number of ether oxygens (including phenoxy) is 1. The topological polar surface area (TPSA) is 146 Å². The summed E-state index contributed by atoms with van der Waals surface area (Å²) >= 11 is 0. The highest BCUT2D eigenvalue weighted by molar-refractivity contribution is 5.99. The van der Waals surface area contributed by atoms with E-state index in [9.17, 15) is 15.2 Å². The summed E-state index contributed by atoms with van der Waals surface area (Å²) < 4.78 is 22.9. The van der Waals surface area contributed by atoms with E-state index >= 15 is 4.39 Å². The predicted molar refractivity (Wildman–Crippen MR) is 162 cm³/mol. The molecule has 2 aliphatic heterocycles. The number of hydrogen-bond acceptors (Lipinski definition) is 9. The van der Waals surface area contributed by atoms with Crippen molar-refractivity contribution in [1.29, 1.82) is 5.26 Å². The number of nitrogen functional groups attached to an aromatic ring is 1. The minimum atomic E-state index is -0.567. The fourth-order valence-corrected chi connectivity index (χ4v) is 5.88. The zero-order valence-corrected chi connectivity index (χ0v) is 24.5. The average molecular weight is 597 g/mol. The first-order valence-electron chi connectivity index (χ1n) is 14.5. The van der Waals surface area contributed by atoms with Crippen LogP contribution in [0.3, 0.4) is 0 Å². The molecule has 6 rings (SSSR count). The van der Waals surface area contributed by atoms with E-state index in [1.54, 1.807) is 39.9 Å². The Kier molecular flexibility index (Phi) is 7.75. The largest absolute Gasteiger partial charge is 0.457 e. The summed E-state index contributed by atoms with van der Waals surface area (Å²) in [5, 5.41) is 24.8. The molecule has 4 heterocycles. The number of nitrogens with zero attached hydrogens (tertiary/aromatic N) is 7. The SMILES string of the molecule is CC(C)(C=C(C#N)C(=O)N1CCCC1Cn1nc(-c2ccc(Oc3ccccc3)cc2F)c2c(N)ncnc21)N1CC(O)C1. The maximum Gasteiger partial charge on any atom is 0.264 e. The summed E-state index contributed by atoms with van der Waals surface area (Å²) in [5.74, 6) is 0.176. The molecule has 2 saturated heterocycles. The number of nitrogens with two attached hydrogens (primary N) is 1. The van der Waals surface area contributed by atoms with Crippen molar-refractivity contribution in [3.63, 3.8) is 0 Å². The number of rotatable bonds is 8. The van der Waals surface area contributed by atoms with Gasteiger partial charge in [0.15, 0.2) is 5.65 Å². The fourth-order valence-electron chi connectivity index (χ4n) is 5.88. The summed E-state index contributed by atoms with van der Waals surface area (Å²) in [5.41, 5.74) is 6.67. The van der Waals surface area contributed by atoms with E-state index in [-0.39, 0.29) is 41.1 Å². The van der Waals surface area contributed by atoms with E-state index < -0.39 is 17.5 Å². The van der Waals surface area contributed by atoms with Gasteiger partial charge in [-0.05, 0) is 57.0 Å². The van der Waals surface area contributed by atoms with Crippen LogP contribution in [0.2, 0.25) is 0 Å². The first-order chi connectivity index (χ1) is 21.1. The highest BCUT2D eigenvalue weighted by Gasteiger charge is 2.38. The molecule has 2 aliphatic rings. The normalized spacial score (nSPS) is 17.9. The number of fused-ring (bicyclic) bond motifs is 1. The van der Waals surface area contributed by atoms with Crippen molar-refractivity contribution in [3.8, 4) is 28.8 Å². The molecule has 12 heteroatoms. The number of benzene rings is 2. The van der Waals surface area contributed by atoms with Crippen molar-refractivity contribution in [2.45, 2.75) is 50.9 Å². The van der Waals surface area contributed by atoms with Gasteiger partial charge in [-0.25, -0.2) is 19.0 Å². The number of carbonyl (C=O) groups excluding carboxylic acids is 1. The minimum Gasteiger partial charge on any atom is -0.457 e. The number of anilines is 1. The van der Waals surface area contributed by atoms with Crippen LogP contribution < -0.4 is 10.5 Å². The molecule has 0 bridgehead atoms. The second-order valence-electron chi connectivity index (χ2n) is 11.7. The van der Waals surface area contributed by atoms with Gasteiger partial charge in [0, 0.05) is 36.8 Å². The zero-order valence-electron chi connectivity index (χ0n) is 24.5. The standard InChI is InChI=1S/C32H33FN8O3/c1-32(2,39-17-22(42)18-39)14-20(15-34)31(43)40-12-6-7-21(40)16-41-30-27(29(35)36-19-37-30)28(38-41)25-11-10-24(13-26(25)33)44-23-8-4-3-5-9-23/h3-5,8-11,13-14,19,21-22,42H,6-7,12,16-18H2,1-2H3,(H2,35,36,37). The van der Waals surface area contributed by atoms with Gasteiger partial charge in [-0.3, -0.25) is 9.69 Å². The molecular weight excluding hydrogens is 563 g/mol. The molecule has 0 radical (unpaired) electrons. The van der Waals surface area contributed by atoms with Crippen molar-refractivity contribution < 1.29 is 19.0 Å². The Balaban J connectivity index is 1.28. The smallest absolute Gasteiger partial charge is 0.264 e. The summed E-state index contributed by atoms with van der Waals surface area (Å²) in [6.45, 7) is 5.59. The maximum atomic E-state index is 15.5. The molecule has 0 saturated carbocycles. The molecule has 1 atom stereocenters. The van der Waals surface area contributed by atoms with E-state index in [4.69, 9.17) is 15.6 Å². The monoisotopic (exact) mass is 596 g/mol. The van der Waals surface area contributed by atoms with Crippen LogP contribution in [0.5, 0.6) is 11.5 Å². The molecule has 0 spiro atoms. The zero-order chi connectivity index (χ0) is 31.0. The summed E-state index contributed by atoms with van der Waals surface area (Å²) in [6, 6.07) is 15.5. The molecule has 1 amide bonds. The summed E-state index contributed by atoms with van der Waals surface area (Å²) in [6.07, 6.45) is 4.07. The Morgan fingerprint density at radius 1 is 1.20 bits per heavy atom. The lowest BCUT2D eigenvalue weighted by atomic mass is 9.94. The van der Waals surface area contributed by atoms with Crippen LogP contribution in [0.15, 0.2) is 66.5 Å². The minimum absolute atomic E-state index is 0.0563. The Morgan fingerprint density at radius 2 is 1.98 bits per heavy atom. The molecule has 44 heavy (non-hydrogen) atoms. The third kappa shape index (κ3) is 5.59. The molecule has 1 unspecified atom stereocenters. The predicted octanol–water partition coefficient (Wildman–Crippen LogP) is 3.90. The van der Waals surface area contributed by atoms with Crippen LogP contribution in [-0.2, 0) is 11.3 Å². The number of halogens is 1. The van der Waals surface area contributed by atoms with Gasteiger partial charge in [0.25, 0.3) is 5.91 Å². The number of carbonyl (C=O) groups is 1. The van der Waals surface area contributed by atoms with Crippen LogP contribution in [0.25, 0.3) is 22.3 Å². The molecule has 3 N–H and O–H groups in total. The third-order valence-electron chi connectivity index (χ3n) is 8.28. The third-order valence-corrected chi connectivity index (χ3v) is 8.28. The molecular formula is C32H33FN8O3. The van der Waals surface area contributed by atoms with E-state index in [1.807, 2.05) is 36.9 Å². The first-order valence-corrected chi connectivity index (χ1v) is 14.5. The van der Waals surface area contributed by atoms with Gasteiger partial charge in [0.2, 0.25) is 0 Å². The Hall–Kier alpha value is -4.86. The maximum absolute atomic E-state index is 15.5. The quantitative estimate of drug-likeness (QED) is 0.228. The van der Waals surface area contributed by atoms with E-state index in [2.05, 4.69) is 16.0 Å². The summed E-state index contributed by atoms with van der Waals surface area (Å²) in [4.78, 5) is 25.9. The van der Waals surface area contributed by atoms with Gasteiger partial charge < -0.3 is 20.5 Å². The van der Waals surface area contributed by atoms with Gasteiger partial charge in [-0.1, -0.05) is 18.2 Å². The number of para-hydroxylation sites is 1. The highest BCUT2D eigenvalue weighted by Crippen LogP contribution is 2.35. The molecule has 0 aliphatic carbocycles. The molecule has 2 fully saturated rings. The molecule has 226 valence electrons. The van der Waals surface area contributed by atoms with Crippen molar-refractivity contribution in [1.82, 2.24) is 29.5 Å². The van der Waals surface area contributed by atoms with Gasteiger partial charge in [-0.2, -0.15) is 10.4 Å². The second-order valence-corrected chi connectivity index (χ2v) is 11.7. The average Bonchev–Trinajstić information content (AvgIpc) is 3.60. The number of aliphatic hydroxyl groups excluding tert-OH is 1. The number of amides is 1. The van der Waals surface area contributed by atoms with Crippen molar-refractivity contribution in [2.75, 3.05) is 25.4 Å². The van der Waals surface area contributed by atoms with Crippen molar-refractivity contribution in [2.24, 2.45) is 0 Å². The van der Waals surface area contributed by atoms with E-state index in [0.717, 1.165) is 6.42 Å². The fraction of sp³-hybridized carbons (Fsp3) is 0.344. The first kappa shape index (κ1) is 29.2. The lowest BCUT2D eigenvalue weighted by molar-refractivity contribution is -0.127. The number of likely N-dealkylation sites (tertiary alicyclic amines) is 2. The number of aliphatic hydroxyl groups is 1. The van der Waals surface area contributed by atoms with E-state index in [0.29, 0.717) is 48.6 Å². The number of β-amino-alcohol motifs (C(OH)–C–C–N with tert-alkyl or cyclic N) is 1. The van der Waals surface area contributed by atoms with Gasteiger partial charge in [-0.15, -0.1) is 0 Å². The Bertz CT molecular complexity index is 1780. The summed E-state index contributed by atoms with van der Waals surface area (Å²) in [7, 11) is 0. The molecule has 4 aromatic rings. The number of aromatic nitrogens is 4. The molecule has 2 aromatic carbocycles. The van der Waals surface area contributed by atoms with Gasteiger partial charge in [0.1, 0.15) is 46.8 Å². The highest BCUT2D eigenvalue weighted by atomic mass is 19.1.